The molecule has 1 unspecified atom stereocenters. The molecule has 0 spiro atoms. The molecule has 0 aliphatic heterocycles. The van der Waals surface area contributed by atoms with Crippen molar-refractivity contribution in [1.82, 2.24) is 5.32 Å². The van der Waals surface area contributed by atoms with E-state index >= 15 is 0 Å². The van der Waals surface area contributed by atoms with Crippen molar-refractivity contribution in [2.24, 2.45) is 5.41 Å². The second-order valence-electron chi connectivity index (χ2n) is 5.61. The first-order valence-corrected chi connectivity index (χ1v) is 7.61. The van der Waals surface area contributed by atoms with Gasteiger partial charge in [-0.15, -0.1) is 0 Å². The minimum atomic E-state index is 0.317. The maximum Gasteiger partial charge on any atom is 0.119 e. The monoisotopic (exact) mass is 279 g/mol. The molecule has 0 bridgehead atoms. The molecule has 1 aromatic carbocycles. The van der Waals surface area contributed by atoms with Crippen molar-refractivity contribution in [2.75, 3.05) is 26.8 Å². The van der Waals surface area contributed by atoms with Crippen molar-refractivity contribution < 1.29 is 9.47 Å². The van der Waals surface area contributed by atoms with Crippen LogP contribution in [0.5, 0.6) is 11.5 Å². The lowest BCUT2D eigenvalue weighted by Gasteiger charge is -2.29. The summed E-state index contributed by atoms with van der Waals surface area (Å²) in [4.78, 5) is 0. The van der Waals surface area contributed by atoms with Gasteiger partial charge in [0, 0.05) is 6.54 Å². The van der Waals surface area contributed by atoms with Gasteiger partial charge < -0.3 is 14.8 Å². The molecule has 3 heteroatoms. The van der Waals surface area contributed by atoms with Crippen LogP contribution in [0.25, 0.3) is 0 Å². The Balaban J connectivity index is 2.42. The first kappa shape index (κ1) is 16.8. The summed E-state index contributed by atoms with van der Waals surface area (Å²) >= 11 is 0. The van der Waals surface area contributed by atoms with E-state index in [1.807, 2.05) is 24.3 Å². The lowest BCUT2D eigenvalue weighted by molar-refractivity contribution is 0.193. The number of hydrogen-bond donors (Lipinski definition) is 1. The van der Waals surface area contributed by atoms with Gasteiger partial charge in [-0.2, -0.15) is 0 Å². The molecule has 0 saturated carbocycles. The molecule has 1 aromatic rings. The zero-order valence-electron chi connectivity index (χ0n) is 13.4. The quantitative estimate of drug-likeness (QED) is 0.705. The standard InChI is InChI=1S/C17H29NO2/c1-5-11-17(3,14-18-6-2)12-13-20-16-9-7-15(19-4)8-10-16/h7-10,18H,5-6,11-14H2,1-4H3. The molecule has 0 amide bonds. The van der Waals surface area contributed by atoms with E-state index in [1.54, 1.807) is 7.11 Å². The summed E-state index contributed by atoms with van der Waals surface area (Å²) in [7, 11) is 1.67. The molecular formula is C17H29NO2. The zero-order valence-corrected chi connectivity index (χ0v) is 13.4. The van der Waals surface area contributed by atoms with Crippen LogP contribution in [0.4, 0.5) is 0 Å². The Labute approximate surface area is 123 Å². The third kappa shape index (κ3) is 5.83. The summed E-state index contributed by atoms with van der Waals surface area (Å²) in [5, 5.41) is 3.47. The third-order valence-corrected chi connectivity index (χ3v) is 3.69. The van der Waals surface area contributed by atoms with E-state index in [9.17, 15) is 0 Å². The second-order valence-corrected chi connectivity index (χ2v) is 5.61. The first-order valence-electron chi connectivity index (χ1n) is 7.61. The predicted octanol–water partition coefficient (Wildman–Crippen LogP) is 3.88. The molecule has 114 valence electrons. The predicted molar refractivity (Wildman–Crippen MR) is 84.7 cm³/mol. The SMILES string of the molecule is CCCC(C)(CCOc1ccc(OC)cc1)CNCC. The highest BCUT2D eigenvalue weighted by Crippen LogP contribution is 2.27. The van der Waals surface area contributed by atoms with Gasteiger partial charge in [-0.1, -0.05) is 27.2 Å². The topological polar surface area (TPSA) is 30.5 Å². The molecule has 0 fully saturated rings. The number of hydrogen-bond acceptors (Lipinski definition) is 3. The van der Waals surface area contributed by atoms with Gasteiger partial charge in [-0.3, -0.25) is 0 Å². The van der Waals surface area contributed by atoms with E-state index in [4.69, 9.17) is 9.47 Å². The van der Waals surface area contributed by atoms with Crippen LogP contribution in [-0.4, -0.2) is 26.8 Å². The van der Waals surface area contributed by atoms with E-state index < -0.39 is 0 Å². The van der Waals surface area contributed by atoms with Crippen molar-refractivity contribution in [3.63, 3.8) is 0 Å². The van der Waals surface area contributed by atoms with E-state index in [1.165, 1.54) is 12.8 Å². The van der Waals surface area contributed by atoms with Crippen LogP contribution in [0.1, 0.15) is 40.0 Å². The molecule has 0 radical (unpaired) electrons. The molecule has 0 saturated heterocycles. The van der Waals surface area contributed by atoms with Gasteiger partial charge in [-0.25, -0.2) is 0 Å². The summed E-state index contributed by atoms with van der Waals surface area (Å²) in [6.45, 7) is 9.58. The Morgan fingerprint density at radius 1 is 1.05 bits per heavy atom. The van der Waals surface area contributed by atoms with Gasteiger partial charge in [-0.05, 0) is 49.1 Å². The van der Waals surface area contributed by atoms with Crippen LogP contribution in [0.2, 0.25) is 0 Å². The van der Waals surface area contributed by atoms with Gasteiger partial charge in [0.25, 0.3) is 0 Å². The smallest absolute Gasteiger partial charge is 0.119 e. The van der Waals surface area contributed by atoms with Crippen LogP contribution in [0, 0.1) is 5.41 Å². The van der Waals surface area contributed by atoms with Crippen LogP contribution in [0.15, 0.2) is 24.3 Å². The Morgan fingerprint density at radius 3 is 2.25 bits per heavy atom. The summed E-state index contributed by atoms with van der Waals surface area (Å²) in [5.74, 6) is 1.77. The van der Waals surface area contributed by atoms with Gasteiger partial charge in [0.15, 0.2) is 0 Å². The molecule has 0 aliphatic carbocycles. The van der Waals surface area contributed by atoms with Crippen LogP contribution >= 0.6 is 0 Å². The molecule has 1 N–H and O–H groups in total. The Bertz CT molecular complexity index is 364. The maximum absolute atomic E-state index is 5.84. The summed E-state index contributed by atoms with van der Waals surface area (Å²) in [6, 6.07) is 7.78. The second kappa shape index (κ2) is 8.85. The van der Waals surface area contributed by atoms with E-state index in [-0.39, 0.29) is 0 Å². The van der Waals surface area contributed by atoms with E-state index in [2.05, 4.69) is 26.1 Å². The molecular weight excluding hydrogens is 250 g/mol. The number of ether oxygens (including phenoxy) is 2. The Morgan fingerprint density at radius 2 is 1.70 bits per heavy atom. The highest BCUT2D eigenvalue weighted by molar-refractivity contribution is 5.31. The maximum atomic E-state index is 5.84. The van der Waals surface area contributed by atoms with Gasteiger partial charge in [0.2, 0.25) is 0 Å². The molecule has 20 heavy (non-hydrogen) atoms. The molecule has 1 rings (SSSR count). The van der Waals surface area contributed by atoms with Crippen molar-refractivity contribution in [3.05, 3.63) is 24.3 Å². The zero-order chi connectivity index (χ0) is 14.8. The van der Waals surface area contributed by atoms with Crippen molar-refractivity contribution in [1.29, 1.82) is 0 Å². The van der Waals surface area contributed by atoms with E-state index in [0.29, 0.717) is 5.41 Å². The number of nitrogens with one attached hydrogen (secondary N) is 1. The highest BCUT2D eigenvalue weighted by atomic mass is 16.5. The Hall–Kier alpha value is -1.22. The number of benzene rings is 1. The fourth-order valence-electron chi connectivity index (χ4n) is 2.42. The van der Waals surface area contributed by atoms with Gasteiger partial charge in [0.05, 0.1) is 13.7 Å². The van der Waals surface area contributed by atoms with Gasteiger partial charge >= 0.3 is 0 Å². The molecule has 0 heterocycles. The molecule has 3 nitrogen and oxygen atoms in total. The summed E-state index contributed by atoms with van der Waals surface area (Å²) < 4.78 is 11.0. The minimum Gasteiger partial charge on any atom is -0.497 e. The molecule has 0 aliphatic rings. The fourth-order valence-corrected chi connectivity index (χ4v) is 2.42. The lowest BCUT2D eigenvalue weighted by atomic mass is 9.82. The van der Waals surface area contributed by atoms with Crippen LogP contribution in [0.3, 0.4) is 0 Å². The van der Waals surface area contributed by atoms with Gasteiger partial charge in [0.1, 0.15) is 11.5 Å². The van der Waals surface area contributed by atoms with Crippen molar-refractivity contribution in [2.45, 2.75) is 40.0 Å². The summed E-state index contributed by atoms with van der Waals surface area (Å²) in [5.41, 5.74) is 0.317. The van der Waals surface area contributed by atoms with Crippen molar-refractivity contribution >= 4 is 0 Å². The third-order valence-electron chi connectivity index (χ3n) is 3.69. The van der Waals surface area contributed by atoms with Crippen LogP contribution in [-0.2, 0) is 0 Å². The normalized spacial score (nSPS) is 13.8. The average molecular weight is 279 g/mol. The van der Waals surface area contributed by atoms with E-state index in [0.717, 1.165) is 37.6 Å². The van der Waals surface area contributed by atoms with Crippen LogP contribution < -0.4 is 14.8 Å². The number of rotatable bonds is 10. The summed E-state index contributed by atoms with van der Waals surface area (Å²) in [6.07, 6.45) is 3.51. The first-order chi connectivity index (χ1) is 9.63. The number of methoxy groups -OCH3 is 1. The molecule has 0 aromatic heterocycles. The largest absolute Gasteiger partial charge is 0.497 e. The molecule has 1 atom stereocenters. The highest BCUT2D eigenvalue weighted by Gasteiger charge is 2.22. The fraction of sp³-hybridized carbons (Fsp3) is 0.647. The minimum absolute atomic E-state index is 0.317. The Kier molecular flexibility index (Phi) is 7.45. The average Bonchev–Trinajstić information content (AvgIpc) is 2.46. The van der Waals surface area contributed by atoms with Crippen molar-refractivity contribution in [3.8, 4) is 11.5 Å². The lowest BCUT2D eigenvalue weighted by Crippen LogP contribution is -2.33.